The summed E-state index contributed by atoms with van der Waals surface area (Å²) < 4.78 is 10.8. The third-order valence-corrected chi connectivity index (χ3v) is 3.83. The summed E-state index contributed by atoms with van der Waals surface area (Å²) in [4.78, 5) is 0. The zero-order valence-corrected chi connectivity index (χ0v) is 12.6. The molecule has 0 atom stereocenters. The Hall–Kier alpha value is -1.09. The van der Waals surface area contributed by atoms with Crippen LogP contribution >= 0.6 is 34.8 Å². The molecule has 0 unspecified atom stereocenters. The summed E-state index contributed by atoms with van der Waals surface area (Å²) in [6, 6.07) is 8.65. The van der Waals surface area contributed by atoms with Crippen LogP contribution in [-0.2, 0) is 0 Å². The molecule has 2 aromatic rings. The SMILES string of the molecule is COc1ccc(Oc2ccc(Cl)c(Cl)c2C)cc1Cl. The predicted octanol–water partition coefficient (Wildman–Crippen LogP) is 5.76. The fraction of sp³-hybridized carbons (Fsp3) is 0.143. The van der Waals surface area contributed by atoms with Crippen LogP contribution in [0.3, 0.4) is 0 Å². The smallest absolute Gasteiger partial charge is 0.137 e. The van der Waals surface area contributed by atoms with Gasteiger partial charge in [-0.25, -0.2) is 0 Å². The highest BCUT2D eigenvalue weighted by Gasteiger charge is 2.09. The van der Waals surface area contributed by atoms with Crippen molar-refractivity contribution in [1.82, 2.24) is 0 Å². The summed E-state index contributed by atoms with van der Waals surface area (Å²) >= 11 is 18.0. The molecule has 0 amide bonds. The standard InChI is InChI=1S/C14H11Cl3O2/c1-8-12(6-4-10(15)14(8)17)19-9-3-5-13(18-2)11(16)7-9/h3-7H,1-2H3. The summed E-state index contributed by atoms with van der Waals surface area (Å²) in [5.41, 5.74) is 0.779. The molecule has 0 aromatic heterocycles. The van der Waals surface area contributed by atoms with Crippen molar-refractivity contribution in [2.24, 2.45) is 0 Å². The van der Waals surface area contributed by atoms with Crippen molar-refractivity contribution >= 4 is 34.8 Å². The normalized spacial score (nSPS) is 10.4. The zero-order chi connectivity index (χ0) is 14.0. The first-order valence-corrected chi connectivity index (χ1v) is 6.62. The molecule has 100 valence electrons. The molecule has 0 N–H and O–H groups in total. The Labute approximate surface area is 126 Å². The van der Waals surface area contributed by atoms with Crippen LogP contribution in [0, 0.1) is 6.92 Å². The van der Waals surface area contributed by atoms with Crippen LogP contribution in [0.2, 0.25) is 15.1 Å². The second kappa shape index (κ2) is 5.91. The Morgan fingerprint density at radius 3 is 2.21 bits per heavy atom. The lowest BCUT2D eigenvalue weighted by molar-refractivity contribution is 0.413. The van der Waals surface area contributed by atoms with E-state index in [1.165, 1.54) is 0 Å². The predicted molar refractivity (Wildman–Crippen MR) is 79.3 cm³/mol. The Bertz CT molecular complexity index is 612. The van der Waals surface area contributed by atoms with Crippen LogP contribution < -0.4 is 9.47 Å². The van der Waals surface area contributed by atoms with Crippen LogP contribution in [0.1, 0.15) is 5.56 Å². The van der Waals surface area contributed by atoms with Crippen LogP contribution in [0.5, 0.6) is 17.2 Å². The number of methoxy groups -OCH3 is 1. The van der Waals surface area contributed by atoms with Gasteiger partial charge in [-0.3, -0.25) is 0 Å². The molecule has 2 nitrogen and oxygen atoms in total. The van der Waals surface area contributed by atoms with Gasteiger partial charge in [0, 0.05) is 11.6 Å². The van der Waals surface area contributed by atoms with Gasteiger partial charge in [0.05, 0.1) is 22.2 Å². The van der Waals surface area contributed by atoms with Gasteiger partial charge in [-0.2, -0.15) is 0 Å². The summed E-state index contributed by atoms with van der Waals surface area (Å²) in [5.74, 6) is 1.84. The maximum Gasteiger partial charge on any atom is 0.137 e. The van der Waals surface area contributed by atoms with E-state index in [1.54, 1.807) is 37.4 Å². The average Bonchev–Trinajstić information content (AvgIpc) is 2.40. The Kier molecular flexibility index (Phi) is 4.46. The lowest BCUT2D eigenvalue weighted by Crippen LogP contribution is -1.90. The highest BCUT2D eigenvalue weighted by atomic mass is 35.5. The van der Waals surface area contributed by atoms with Crippen molar-refractivity contribution in [1.29, 1.82) is 0 Å². The van der Waals surface area contributed by atoms with E-state index in [4.69, 9.17) is 44.3 Å². The van der Waals surface area contributed by atoms with Gasteiger partial charge >= 0.3 is 0 Å². The third-order valence-electron chi connectivity index (χ3n) is 2.64. The van der Waals surface area contributed by atoms with E-state index >= 15 is 0 Å². The van der Waals surface area contributed by atoms with E-state index in [2.05, 4.69) is 0 Å². The quantitative estimate of drug-likeness (QED) is 0.717. The average molecular weight is 318 g/mol. The molecule has 0 bridgehead atoms. The molecule has 5 heteroatoms. The molecule has 0 aliphatic heterocycles. The number of benzene rings is 2. The number of hydrogen-bond acceptors (Lipinski definition) is 2. The molecule has 2 rings (SSSR count). The van der Waals surface area contributed by atoms with Gasteiger partial charge in [0.15, 0.2) is 0 Å². The van der Waals surface area contributed by atoms with Crippen molar-refractivity contribution in [2.75, 3.05) is 7.11 Å². The van der Waals surface area contributed by atoms with Gasteiger partial charge in [-0.1, -0.05) is 34.8 Å². The van der Waals surface area contributed by atoms with Gasteiger partial charge < -0.3 is 9.47 Å². The van der Waals surface area contributed by atoms with Gasteiger partial charge in [-0.05, 0) is 31.2 Å². The maximum absolute atomic E-state index is 6.07. The summed E-state index contributed by atoms with van der Waals surface area (Å²) in [6.07, 6.45) is 0. The molecule has 0 heterocycles. The topological polar surface area (TPSA) is 18.5 Å². The zero-order valence-electron chi connectivity index (χ0n) is 10.3. The van der Waals surface area contributed by atoms with Gasteiger partial charge in [0.25, 0.3) is 0 Å². The van der Waals surface area contributed by atoms with Crippen molar-refractivity contribution in [3.63, 3.8) is 0 Å². The molecule has 0 aliphatic carbocycles. The first-order chi connectivity index (χ1) is 9.02. The number of hydrogen-bond donors (Lipinski definition) is 0. The van der Waals surface area contributed by atoms with Crippen molar-refractivity contribution in [2.45, 2.75) is 6.92 Å². The summed E-state index contributed by atoms with van der Waals surface area (Å²) in [7, 11) is 1.56. The monoisotopic (exact) mass is 316 g/mol. The molecular formula is C14H11Cl3O2. The number of halogens is 3. The number of ether oxygens (including phenoxy) is 2. The van der Waals surface area contributed by atoms with Crippen molar-refractivity contribution < 1.29 is 9.47 Å². The van der Waals surface area contributed by atoms with Crippen LogP contribution in [0.4, 0.5) is 0 Å². The molecule has 0 saturated heterocycles. The first kappa shape index (κ1) is 14.3. The second-order valence-electron chi connectivity index (χ2n) is 3.88. The molecule has 0 aliphatic rings. The molecule has 0 radical (unpaired) electrons. The molecular weight excluding hydrogens is 307 g/mol. The molecule has 0 spiro atoms. The molecule has 0 saturated carbocycles. The van der Waals surface area contributed by atoms with Gasteiger partial charge in [0.1, 0.15) is 17.2 Å². The highest BCUT2D eigenvalue weighted by Crippen LogP contribution is 2.36. The van der Waals surface area contributed by atoms with Crippen LogP contribution in [0.15, 0.2) is 30.3 Å². The summed E-state index contributed by atoms with van der Waals surface area (Å²) in [6.45, 7) is 1.84. The highest BCUT2D eigenvalue weighted by molar-refractivity contribution is 6.42. The minimum atomic E-state index is 0.484. The van der Waals surface area contributed by atoms with E-state index in [-0.39, 0.29) is 0 Å². The Balaban J connectivity index is 2.31. The van der Waals surface area contributed by atoms with Crippen molar-refractivity contribution in [3.05, 3.63) is 51.0 Å². The minimum absolute atomic E-state index is 0.484. The van der Waals surface area contributed by atoms with E-state index in [1.807, 2.05) is 6.92 Å². The maximum atomic E-state index is 6.07. The van der Waals surface area contributed by atoms with E-state index in [0.29, 0.717) is 32.3 Å². The fourth-order valence-corrected chi connectivity index (χ4v) is 2.19. The minimum Gasteiger partial charge on any atom is -0.495 e. The second-order valence-corrected chi connectivity index (χ2v) is 5.08. The van der Waals surface area contributed by atoms with Gasteiger partial charge in [0.2, 0.25) is 0 Å². The number of rotatable bonds is 3. The Morgan fingerprint density at radius 2 is 1.58 bits per heavy atom. The lowest BCUT2D eigenvalue weighted by Gasteiger charge is -2.11. The fourth-order valence-electron chi connectivity index (χ4n) is 1.58. The van der Waals surface area contributed by atoms with Crippen LogP contribution in [-0.4, -0.2) is 7.11 Å². The third kappa shape index (κ3) is 3.08. The largest absolute Gasteiger partial charge is 0.495 e. The van der Waals surface area contributed by atoms with Gasteiger partial charge in [-0.15, -0.1) is 0 Å². The van der Waals surface area contributed by atoms with E-state index < -0.39 is 0 Å². The van der Waals surface area contributed by atoms with E-state index in [0.717, 1.165) is 5.56 Å². The van der Waals surface area contributed by atoms with E-state index in [9.17, 15) is 0 Å². The molecule has 0 fully saturated rings. The van der Waals surface area contributed by atoms with Crippen molar-refractivity contribution in [3.8, 4) is 17.2 Å². The summed E-state index contributed by atoms with van der Waals surface area (Å²) in [5, 5.41) is 1.47. The first-order valence-electron chi connectivity index (χ1n) is 5.49. The molecule has 2 aromatic carbocycles. The molecule has 19 heavy (non-hydrogen) atoms. The Morgan fingerprint density at radius 1 is 0.895 bits per heavy atom. The van der Waals surface area contributed by atoms with Crippen LogP contribution in [0.25, 0.3) is 0 Å². The lowest BCUT2D eigenvalue weighted by atomic mass is 10.2.